The molecule has 1 aromatic heterocycles. The summed E-state index contributed by atoms with van der Waals surface area (Å²) < 4.78 is 5.67. The molecule has 1 atom stereocenters. The predicted molar refractivity (Wildman–Crippen MR) is 76.9 cm³/mol. The van der Waals surface area contributed by atoms with E-state index in [1.54, 1.807) is 0 Å². The zero-order chi connectivity index (χ0) is 12.9. The van der Waals surface area contributed by atoms with Gasteiger partial charge in [0.05, 0.1) is 6.54 Å². The van der Waals surface area contributed by atoms with Gasteiger partial charge in [0.2, 0.25) is 11.8 Å². The average Bonchev–Trinajstić information content (AvgIpc) is 2.96. The van der Waals surface area contributed by atoms with Crippen molar-refractivity contribution in [3.05, 3.63) is 36.2 Å². The van der Waals surface area contributed by atoms with Gasteiger partial charge in [0, 0.05) is 17.4 Å². The highest BCUT2D eigenvalue weighted by Crippen LogP contribution is 2.19. The standard InChI is InChI=1S/C14H17N3OS/c1-2-5-11(6-3-1)14-17-16-13(18-14)9-15-12-7-4-8-19-10-12/h1-3,5-6,12,15H,4,7-10H2. The summed E-state index contributed by atoms with van der Waals surface area (Å²) >= 11 is 2.01. The molecule has 1 fully saturated rings. The van der Waals surface area contributed by atoms with Gasteiger partial charge in [0.15, 0.2) is 0 Å². The summed E-state index contributed by atoms with van der Waals surface area (Å²) in [7, 11) is 0. The molecule has 100 valence electrons. The van der Waals surface area contributed by atoms with Crippen molar-refractivity contribution in [3.8, 4) is 11.5 Å². The molecule has 1 aromatic carbocycles. The number of hydrogen-bond acceptors (Lipinski definition) is 5. The van der Waals surface area contributed by atoms with E-state index in [2.05, 4.69) is 15.5 Å². The van der Waals surface area contributed by atoms with E-state index in [0.717, 1.165) is 5.56 Å². The maximum atomic E-state index is 5.67. The molecule has 0 aliphatic carbocycles. The van der Waals surface area contributed by atoms with Crippen LogP contribution in [0.25, 0.3) is 11.5 Å². The van der Waals surface area contributed by atoms with Crippen LogP contribution in [0.2, 0.25) is 0 Å². The molecule has 1 saturated heterocycles. The zero-order valence-electron chi connectivity index (χ0n) is 10.7. The summed E-state index contributed by atoms with van der Waals surface area (Å²) in [4.78, 5) is 0. The summed E-state index contributed by atoms with van der Waals surface area (Å²) in [5.74, 6) is 3.72. The van der Waals surface area contributed by atoms with E-state index in [-0.39, 0.29) is 0 Å². The molecule has 1 unspecified atom stereocenters. The molecule has 2 aromatic rings. The van der Waals surface area contributed by atoms with Crippen LogP contribution in [0.1, 0.15) is 18.7 Å². The third kappa shape index (κ3) is 3.36. The van der Waals surface area contributed by atoms with Crippen molar-refractivity contribution in [3.63, 3.8) is 0 Å². The maximum absolute atomic E-state index is 5.67. The lowest BCUT2D eigenvalue weighted by atomic mass is 10.2. The smallest absolute Gasteiger partial charge is 0.247 e. The zero-order valence-corrected chi connectivity index (χ0v) is 11.5. The fourth-order valence-electron chi connectivity index (χ4n) is 2.16. The van der Waals surface area contributed by atoms with Gasteiger partial charge in [-0.1, -0.05) is 18.2 Å². The number of thioether (sulfide) groups is 1. The average molecular weight is 275 g/mol. The Bertz CT molecular complexity index is 508. The summed E-state index contributed by atoms with van der Waals surface area (Å²) in [6.45, 7) is 0.658. The Hall–Kier alpha value is -1.33. The summed E-state index contributed by atoms with van der Waals surface area (Å²) in [5, 5.41) is 11.7. The Morgan fingerprint density at radius 2 is 2.16 bits per heavy atom. The minimum atomic E-state index is 0.575. The van der Waals surface area contributed by atoms with Gasteiger partial charge in [0.1, 0.15) is 0 Å². The lowest BCUT2D eigenvalue weighted by Crippen LogP contribution is -2.33. The molecule has 2 heterocycles. The minimum Gasteiger partial charge on any atom is -0.419 e. The molecule has 1 aliphatic heterocycles. The fraction of sp³-hybridized carbons (Fsp3) is 0.429. The first-order valence-electron chi connectivity index (χ1n) is 6.61. The highest BCUT2D eigenvalue weighted by molar-refractivity contribution is 7.99. The Kier molecular flexibility index (Phi) is 4.15. The normalized spacial score (nSPS) is 19.5. The first-order valence-corrected chi connectivity index (χ1v) is 7.76. The van der Waals surface area contributed by atoms with Crippen molar-refractivity contribution >= 4 is 11.8 Å². The van der Waals surface area contributed by atoms with E-state index in [9.17, 15) is 0 Å². The van der Waals surface area contributed by atoms with E-state index < -0.39 is 0 Å². The van der Waals surface area contributed by atoms with Crippen LogP contribution in [0.4, 0.5) is 0 Å². The van der Waals surface area contributed by atoms with Crippen LogP contribution >= 0.6 is 11.8 Å². The van der Waals surface area contributed by atoms with E-state index in [0.29, 0.717) is 24.4 Å². The molecule has 1 N–H and O–H groups in total. The molecule has 0 radical (unpaired) electrons. The quantitative estimate of drug-likeness (QED) is 0.929. The predicted octanol–water partition coefficient (Wildman–Crippen LogP) is 2.72. The van der Waals surface area contributed by atoms with Crippen LogP contribution in [0.15, 0.2) is 34.7 Å². The van der Waals surface area contributed by atoms with E-state index in [1.165, 1.54) is 24.3 Å². The van der Waals surface area contributed by atoms with Crippen molar-refractivity contribution in [2.24, 2.45) is 0 Å². The fourth-order valence-corrected chi connectivity index (χ4v) is 3.26. The molecule has 0 amide bonds. The second-order valence-electron chi connectivity index (χ2n) is 4.66. The summed E-state index contributed by atoms with van der Waals surface area (Å²) in [5.41, 5.74) is 0.967. The van der Waals surface area contributed by atoms with Crippen LogP contribution in [0, 0.1) is 0 Å². The van der Waals surface area contributed by atoms with Crippen LogP contribution in [0.5, 0.6) is 0 Å². The Morgan fingerprint density at radius 1 is 1.26 bits per heavy atom. The van der Waals surface area contributed by atoms with Gasteiger partial charge in [-0.3, -0.25) is 0 Å². The van der Waals surface area contributed by atoms with Crippen LogP contribution in [-0.2, 0) is 6.54 Å². The second-order valence-corrected chi connectivity index (χ2v) is 5.81. The van der Waals surface area contributed by atoms with Crippen molar-refractivity contribution in [2.75, 3.05) is 11.5 Å². The van der Waals surface area contributed by atoms with Gasteiger partial charge in [-0.05, 0) is 30.7 Å². The Labute approximate surface area is 117 Å². The van der Waals surface area contributed by atoms with Gasteiger partial charge < -0.3 is 9.73 Å². The molecule has 3 rings (SSSR count). The van der Waals surface area contributed by atoms with Crippen molar-refractivity contribution < 1.29 is 4.42 Å². The number of nitrogens with zero attached hydrogens (tertiary/aromatic N) is 2. The Balaban J connectivity index is 1.59. The molecule has 4 nitrogen and oxygen atoms in total. The molecule has 5 heteroatoms. The van der Waals surface area contributed by atoms with Crippen LogP contribution in [-0.4, -0.2) is 27.7 Å². The summed E-state index contributed by atoms with van der Waals surface area (Å²) in [6.07, 6.45) is 2.54. The lowest BCUT2D eigenvalue weighted by Gasteiger charge is -2.21. The first kappa shape index (κ1) is 12.7. The molecular weight excluding hydrogens is 258 g/mol. The van der Waals surface area contributed by atoms with E-state index >= 15 is 0 Å². The number of hydrogen-bond donors (Lipinski definition) is 1. The van der Waals surface area contributed by atoms with Crippen molar-refractivity contribution in [1.82, 2.24) is 15.5 Å². The molecule has 0 spiro atoms. The lowest BCUT2D eigenvalue weighted by molar-refractivity contribution is 0.436. The van der Waals surface area contributed by atoms with Gasteiger partial charge >= 0.3 is 0 Å². The monoisotopic (exact) mass is 275 g/mol. The molecule has 19 heavy (non-hydrogen) atoms. The van der Waals surface area contributed by atoms with Crippen molar-refractivity contribution in [1.29, 1.82) is 0 Å². The first-order chi connectivity index (χ1) is 9.42. The number of nitrogens with one attached hydrogen (secondary N) is 1. The molecule has 0 saturated carbocycles. The number of benzene rings is 1. The third-order valence-electron chi connectivity index (χ3n) is 3.19. The van der Waals surface area contributed by atoms with Crippen molar-refractivity contribution in [2.45, 2.75) is 25.4 Å². The Morgan fingerprint density at radius 3 is 2.95 bits per heavy atom. The summed E-state index contributed by atoms with van der Waals surface area (Å²) in [6, 6.07) is 10.4. The van der Waals surface area contributed by atoms with Gasteiger partial charge in [-0.25, -0.2) is 0 Å². The van der Waals surface area contributed by atoms with Crippen LogP contribution in [0.3, 0.4) is 0 Å². The molecule has 1 aliphatic rings. The highest BCUT2D eigenvalue weighted by atomic mass is 32.2. The van der Waals surface area contributed by atoms with E-state index in [4.69, 9.17) is 4.42 Å². The van der Waals surface area contributed by atoms with Gasteiger partial charge in [-0.2, -0.15) is 11.8 Å². The highest BCUT2D eigenvalue weighted by Gasteiger charge is 2.14. The van der Waals surface area contributed by atoms with Gasteiger partial charge in [-0.15, -0.1) is 10.2 Å². The minimum absolute atomic E-state index is 0.575. The third-order valence-corrected chi connectivity index (χ3v) is 4.41. The molecular formula is C14H17N3OS. The molecule has 0 bridgehead atoms. The SMILES string of the molecule is c1ccc(-c2nnc(CNC3CCCSC3)o2)cc1. The van der Waals surface area contributed by atoms with E-state index in [1.807, 2.05) is 42.1 Å². The maximum Gasteiger partial charge on any atom is 0.247 e. The largest absolute Gasteiger partial charge is 0.419 e. The second kappa shape index (κ2) is 6.21. The number of aromatic nitrogens is 2. The van der Waals surface area contributed by atoms with Gasteiger partial charge in [0.25, 0.3) is 0 Å². The number of rotatable bonds is 4. The van der Waals surface area contributed by atoms with Crippen LogP contribution < -0.4 is 5.32 Å². The topological polar surface area (TPSA) is 51.0 Å².